The molecule has 0 saturated heterocycles. The van der Waals surface area contributed by atoms with Crippen LogP contribution in [0.15, 0.2) is 58.1 Å². The summed E-state index contributed by atoms with van der Waals surface area (Å²) in [5, 5.41) is 2.99. The summed E-state index contributed by atoms with van der Waals surface area (Å²) >= 11 is 0. The number of hydrogen-bond acceptors (Lipinski definition) is 3. The van der Waals surface area contributed by atoms with Crippen LogP contribution in [-0.4, -0.2) is 15.0 Å². The fourth-order valence-electron chi connectivity index (χ4n) is 2.61. The van der Waals surface area contributed by atoms with Crippen LogP contribution in [0.4, 0.5) is 4.39 Å². The Morgan fingerprint density at radius 3 is 2.48 bits per heavy atom. The first-order chi connectivity index (χ1) is 12.0. The summed E-state index contributed by atoms with van der Waals surface area (Å²) in [6.45, 7) is -0.195. The smallest absolute Gasteiger partial charge is 0.331 e. The second kappa shape index (κ2) is 6.72. The Balaban J connectivity index is 1.83. The maximum absolute atomic E-state index is 12.9. The topological polar surface area (TPSA) is 73.1 Å². The lowest BCUT2D eigenvalue weighted by Gasteiger charge is -2.11. The van der Waals surface area contributed by atoms with Crippen molar-refractivity contribution in [2.24, 2.45) is 7.05 Å². The molecule has 0 aliphatic heterocycles. The van der Waals surface area contributed by atoms with Crippen LogP contribution in [-0.2, 0) is 24.9 Å². The van der Waals surface area contributed by atoms with Gasteiger partial charge >= 0.3 is 5.69 Å². The molecule has 2 aromatic carbocycles. The Hall–Kier alpha value is -3.22. The molecule has 25 heavy (non-hydrogen) atoms. The van der Waals surface area contributed by atoms with Crippen molar-refractivity contribution in [3.63, 3.8) is 0 Å². The molecule has 0 atom stereocenters. The first kappa shape index (κ1) is 16.6. The molecule has 1 amide bonds. The van der Waals surface area contributed by atoms with Gasteiger partial charge in [-0.25, -0.2) is 9.18 Å². The number of rotatable bonds is 4. The molecular formula is C18H16FN3O3. The highest BCUT2D eigenvalue weighted by atomic mass is 19.1. The highest BCUT2D eigenvalue weighted by molar-refractivity contribution is 5.79. The van der Waals surface area contributed by atoms with Crippen molar-refractivity contribution in [1.82, 2.24) is 14.5 Å². The zero-order valence-electron chi connectivity index (χ0n) is 13.5. The Morgan fingerprint density at radius 2 is 1.76 bits per heavy atom. The molecule has 3 rings (SSSR count). The molecule has 3 aromatic rings. The molecule has 0 aliphatic carbocycles. The highest BCUT2D eigenvalue weighted by Gasteiger charge is 2.13. The predicted octanol–water partition coefficient (Wildman–Crippen LogP) is 1.16. The summed E-state index contributed by atoms with van der Waals surface area (Å²) in [6.07, 6.45) is 0. The molecule has 6 nitrogen and oxygen atoms in total. The van der Waals surface area contributed by atoms with Gasteiger partial charge in [0, 0.05) is 13.6 Å². The normalized spacial score (nSPS) is 10.8. The summed E-state index contributed by atoms with van der Waals surface area (Å²) in [5.74, 6) is -0.833. The second-order valence-corrected chi connectivity index (χ2v) is 5.65. The number of nitrogens with one attached hydrogen (secondary N) is 1. The molecule has 1 N–H and O–H groups in total. The predicted molar refractivity (Wildman–Crippen MR) is 91.7 cm³/mol. The number of aryl methyl sites for hydroxylation is 1. The van der Waals surface area contributed by atoms with E-state index in [4.69, 9.17) is 0 Å². The number of benzene rings is 2. The van der Waals surface area contributed by atoms with E-state index in [2.05, 4.69) is 5.32 Å². The zero-order chi connectivity index (χ0) is 18.0. The van der Waals surface area contributed by atoms with Crippen molar-refractivity contribution in [2.45, 2.75) is 13.1 Å². The van der Waals surface area contributed by atoms with Gasteiger partial charge in [0.2, 0.25) is 5.91 Å². The van der Waals surface area contributed by atoms with Gasteiger partial charge in [-0.1, -0.05) is 24.3 Å². The standard InChI is InChI=1S/C18H16FN3O3/c1-21-15-5-3-2-4-14(15)17(24)22(18(21)25)11-16(23)20-10-12-6-8-13(19)9-7-12/h2-9H,10-11H2,1H3,(H,20,23). The number of nitrogens with zero attached hydrogens (tertiary/aromatic N) is 2. The number of halogens is 1. The van der Waals surface area contributed by atoms with E-state index in [0.717, 1.165) is 4.57 Å². The molecule has 0 bridgehead atoms. The van der Waals surface area contributed by atoms with Crippen molar-refractivity contribution >= 4 is 16.8 Å². The molecule has 0 spiro atoms. The third kappa shape index (κ3) is 3.35. The summed E-state index contributed by atoms with van der Waals surface area (Å²) in [6, 6.07) is 12.4. The van der Waals surface area contributed by atoms with Gasteiger partial charge in [-0.3, -0.25) is 18.7 Å². The van der Waals surface area contributed by atoms with Gasteiger partial charge < -0.3 is 5.32 Å². The lowest BCUT2D eigenvalue weighted by Crippen LogP contribution is -2.43. The molecule has 0 aliphatic rings. The van der Waals surface area contributed by atoms with Crippen LogP contribution in [0.25, 0.3) is 10.9 Å². The molecule has 0 radical (unpaired) electrons. The average molecular weight is 341 g/mol. The number of aromatic nitrogens is 2. The van der Waals surface area contributed by atoms with E-state index in [1.165, 1.54) is 16.7 Å². The van der Waals surface area contributed by atoms with Gasteiger partial charge in [0.1, 0.15) is 12.4 Å². The third-order valence-electron chi connectivity index (χ3n) is 3.96. The molecule has 0 unspecified atom stereocenters. The van der Waals surface area contributed by atoms with Crippen LogP contribution in [0, 0.1) is 5.82 Å². The van der Waals surface area contributed by atoms with E-state index in [1.54, 1.807) is 43.4 Å². The van der Waals surface area contributed by atoms with Crippen molar-refractivity contribution in [3.05, 3.63) is 80.7 Å². The first-order valence-corrected chi connectivity index (χ1v) is 7.67. The van der Waals surface area contributed by atoms with Gasteiger partial charge in [-0.2, -0.15) is 0 Å². The summed E-state index contributed by atoms with van der Waals surface area (Å²) in [4.78, 5) is 36.9. The number of carbonyl (C=O) groups is 1. The number of carbonyl (C=O) groups excluding carboxylic acids is 1. The summed E-state index contributed by atoms with van der Waals surface area (Å²) < 4.78 is 15.1. The number of hydrogen-bond donors (Lipinski definition) is 1. The van der Waals surface area contributed by atoms with Gasteiger partial charge in [0.25, 0.3) is 5.56 Å². The molecule has 128 valence electrons. The fraction of sp³-hybridized carbons (Fsp3) is 0.167. The highest BCUT2D eigenvalue weighted by Crippen LogP contribution is 2.05. The van der Waals surface area contributed by atoms with Crippen LogP contribution in [0.5, 0.6) is 0 Å². The van der Waals surface area contributed by atoms with Crippen molar-refractivity contribution in [1.29, 1.82) is 0 Å². The fourth-order valence-corrected chi connectivity index (χ4v) is 2.61. The van der Waals surface area contributed by atoms with Crippen LogP contribution >= 0.6 is 0 Å². The monoisotopic (exact) mass is 341 g/mol. The lowest BCUT2D eigenvalue weighted by atomic mass is 10.2. The van der Waals surface area contributed by atoms with Crippen molar-refractivity contribution in [3.8, 4) is 0 Å². The largest absolute Gasteiger partial charge is 0.350 e. The number of amides is 1. The second-order valence-electron chi connectivity index (χ2n) is 5.65. The van der Waals surface area contributed by atoms with Crippen LogP contribution in [0.2, 0.25) is 0 Å². The van der Waals surface area contributed by atoms with Gasteiger partial charge in [-0.05, 0) is 29.8 Å². The molecule has 0 fully saturated rings. The van der Waals surface area contributed by atoms with Gasteiger partial charge in [0.15, 0.2) is 0 Å². The van der Waals surface area contributed by atoms with Crippen molar-refractivity contribution in [2.75, 3.05) is 0 Å². The molecule has 1 aromatic heterocycles. The SMILES string of the molecule is Cn1c(=O)n(CC(=O)NCc2ccc(F)cc2)c(=O)c2ccccc21. The van der Waals surface area contributed by atoms with E-state index in [1.807, 2.05) is 0 Å². The minimum Gasteiger partial charge on any atom is -0.350 e. The van der Waals surface area contributed by atoms with Crippen LogP contribution in [0.3, 0.4) is 0 Å². The molecular weight excluding hydrogens is 325 g/mol. The number of fused-ring (bicyclic) bond motifs is 1. The van der Waals surface area contributed by atoms with Gasteiger partial charge in [0.05, 0.1) is 10.9 Å². The van der Waals surface area contributed by atoms with E-state index < -0.39 is 17.2 Å². The maximum Gasteiger partial charge on any atom is 0.331 e. The minimum absolute atomic E-state index is 0.182. The van der Waals surface area contributed by atoms with E-state index in [-0.39, 0.29) is 18.9 Å². The molecule has 0 saturated carbocycles. The van der Waals surface area contributed by atoms with Gasteiger partial charge in [-0.15, -0.1) is 0 Å². The Bertz CT molecular complexity index is 1050. The van der Waals surface area contributed by atoms with Crippen molar-refractivity contribution < 1.29 is 9.18 Å². The average Bonchev–Trinajstić information content (AvgIpc) is 2.63. The molecule has 7 heteroatoms. The minimum atomic E-state index is -0.555. The molecule has 1 heterocycles. The summed E-state index contributed by atoms with van der Waals surface area (Å²) in [5.41, 5.74) is 0.172. The lowest BCUT2D eigenvalue weighted by molar-refractivity contribution is -0.121. The third-order valence-corrected chi connectivity index (χ3v) is 3.96. The quantitative estimate of drug-likeness (QED) is 0.774. The first-order valence-electron chi connectivity index (χ1n) is 7.67. The Kier molecular flexibility index (Phi) is 4.47. The maximum atomic E-state index is 12.9. The Labute approximate surface area is 142 Å². The Morgan fingerprint density at radius 1 is 1.08 bits per heavy atom. The van der Waals surface area contributed by atoms with E-state index >= 15 is 0 Å². The zero-order valence-corrected chi connectivity index (χ0v) is 13.5. The van der Waals surface area contributed by atoms with Crippen LogP contribution < -0.4 is 16.6 Å². The van der Waals surface area contributed by atoms with E-state index in [9.17, 15) is 18.8 Å². The van der Waals surface area contributed by atoms with Crippen LogP contribution in [0.1, 0.15) is 5.56 Å². The van der Waals surface area contributed by atoms with E-state index in [0.29, 0.717) is 16.5 Å². The number of para-hydroxylation sites is 1. The summed E-state index contributed by atoms with van der Waals surface area (Å²) in [7, 11) is 1.55.